The molecule has 0 aromatic rings. The zero-order chi connectivity index (χ0) is 66.6. The maximum absolute atomic E-state index is 13.2. The summed E-state index contributed by atoms with van der Waals surface area (Å²) < 4.78 is 31.6. The van der Waals surface area contributed by atoms with Gasteiger partial charge in [-0.15, -0.1) is 0 Å². The molecule has 0 saturated carbocycles. The molecule has 0 bridgehead atoms. The van der Waals surface area contributed by atoms with Crippen molar-refractivity contribution in [2.24, 2.45) is 47.2 Å². The van der Waals surface area contributed by atoms with Gasteiger partial charge in [-0.1, -0.05) is 34.6 Å². The van der Waals surface area contributed by atoms with Gasteiger partial charge in [0.1, 0.15) is 29.4 Å². The van der Waals surface area contributed by atoms with Crippen molar-refractivity contribution >= 4 is 97.4 Å². The predicted molar refractivity (Wildman–Crippen MR) is 297 cm³/mol. The first-order valence-corrected chi connectivity index (χ1v) is 30.0. The Bertz CT molecular complexity index is 2470. The van der Waals surface area contributed by atoms with Crippen LogP contribution >= 0.6 is 15.6 Å². The summed E-state index contributed by atoms with van der Waals surface area (Å²) in [6, 6.07) is -7.99. The minimum atomic E-state index is -5.20. The van der Waals surface area contributed by atoms with E-state index in [0.29, 0.717) is 0 Å². The van der Waals surface area contributed by atoms with Crippen molar-refractivity contribution in [2.75, 3.05) is 33.5 Å². The Morgan fingerprint density at radius 3 is 1.14 bits per heavy atom. The third-order valence-electron chi connectivity index (χ3n) is 13.2. The molecule has 15 N–H and O–H groups in total. The van der Waals surface area contributed by atoms with Crippen LogP contribution in [0.5, 0.6) is 0 Å². The molecule has 0 aliphatic heterocycles. The molecule has 0 radical (unpaired) electrons. The van der Waals surface area contributed by atoms with Crippen LogP contribution < -0.4 is 37.6 Å². The summed E-state index contributed by atoms with van der Waals surface area (Å²) in [6.45, 7) is 11.7. The number of carbonyl (C=O) groups is 14. The van der Waals surface area contributed by atoms with Crippen LogP contribution in [0.25, 0.3) is 0 Å². The minimum absolute atomic E-state index is 0.142. The molecule has 34 heteroatoms. The number of hydrogen-bond acceptors (Lipinski definition) is 22. The van der Waals surface area contributed by atoms with Crippen molar-refractivity contribution in [3.05, 3.63) is 0 Å². The van der Waals surface area contributed by atoms with E-state index in [1.54, 1.807) is 14.0 Å². The van der Waals surface area contributed by atoms with Gasteiger partial charge in [-0.25, -0.2) is 9.13 Å². The van der Waals surface area contributed by atoms with Crippen molar-refractivity contribution in [1.82, 2.24) is 31.9 Å². The SMILES string of the molecule is CC(=O)[C@H](C)CC(=O)[C@H](CO)NC(=O)[C@H](C)CC(=O)[C@H](C)NC(=O)[C@H](COP(=O)(O)O)CC(=O)[C@H](C)NC(=O)[C@H](C)CC(=O)[C@H](COP(=O)(O)O)NC(=O)[C@H](C)CC(=O)[C@H](C)N.CN[C@@H](C)C(=O)C[C@@H](CO)C(=O)N[C@@H](C)C(=O)C[C@@H](C)C(=O)O. The normalized spacial score (nSPS) is 16.5. The number of phosphoric acid groups is 2. The fraction of sp³-hybridized carbons (Fsp3) is 0.725. The molecule has 5 amide bonds. The lowest BCUT2D eigenvalue weighted by molar-refractivity contribution is -0.143. The zero-order valence-electron chi connectivity index (χ0n) is 49.8. The summed E-state index contributed by atoms with van der Waals surface area (Å²) in [5, 5.41) is 42.0. The number of carbonyl (C=O) groups excluding carboxylic acids is 13. The van der Waals surface area contributed by atoms with E-state index in [-0.39, 0.29) is 37.2 Å². The first-order valence-electron chi connectivity index (χ1n) is 26.9. The second-order valence-corrected chi connectivity index (χ2v) is 23.6. The maximum Gasteiger partial charge on any atom is 0.469 e. The lowest BCUT2D eigenvalue weighted by Gasteiger charge is -2.23. The number of hydrogen-bond donors (Lipinski definition) is 14. The van der Waals surface area contributed by atoms with Crippen LogP contribution in [0, 0.1) is 41.4 Å². The van der Waals surface area contributed by atoms with Gasteiger partial charge in [-0.3, -0.25) is 76.2 Å². The average molecular weight is 1260 g/mol. The largest absolute Gasteiger partial charge is 0.481 e. The van der Waals surface area contributed by atoms with Crippen molar-refractivity contribution in [1.29, 1.82) is 0 Å². The monoisotopic (exact) mass is 1260 g/mol. The molecule has 14 atom stereocenters. The number of nitrogens with two attached hydrogens (primary N) is 1. The summed E-state index contributed by atoms with van der Waals surface area (Å²) in [5.74, 6) is -17.3. The number of likely N-dealkylation sites (N-methyl/N-ethyl adjacent to an activating group) is 1. The maximum atomic E-state index is 13.2. The number of aliphatic carboxylic acids is 1. The summed E-state index contributed by atoms with van der Waals surface area (Å²) in [7, 11) is -8.73. The Morgan fingerprint density at radius 2 is 0.741 bits per heavy atom. The van der Waals surface area contributed by atoms with E-state index in [2.05, 4.69) is 40.9 Å². The molecule has 0 aromatic carbocycles. The number of rotatable bonds is 42. The number of nitrogens with one attached hydrogen (secondary N) is 6. The number of carboxylic acid groups (broad SMARTS) is 1. The van der Waals surface area contributed by atoms with Crippen molar-refractivity contribution in [3.63, 3.8) is 0 Å². The molecule has 486 valence electrons. The van der Waals surface area contributed by atoms with Crippen LogP contribution in [0.4, 0.5) is 0 Å². The summed E-state index contributed by atoms with van der Waals surface area (Å²) in [6.07, 6.45) is -2.87. The van der Waals surface area contributed by atoms with Crippen molar-refractivity contribution in [3.8, 4) is 0 Å². The van der Waals surface area contributed by atoms with Gasteiger partial charge in [0.15, 0.2) is 28.9 Å². The molecule has 32 nitrogen and oxygen atoms in total. The van der Waals surface area contributed by atoms with Gasteiger partial charge in [0.2, 0.25) is 29.5 Å². The average Bonchev–Trinajstić information content (AvgIpc) is 3.45. The van der Waals surface area contributed by atoms with E-state index in [4.69, 9.17) is 20.6 Å². The molecule has 0 aliphatic carbocycles. The molecule has 0 spiro atoms. The topological polar surface area (TPSA) is 531 Å². The number of phosphoric ester groups is 2. The second kappa shape index (κ2) is 39.1. The number of Topliss-reactive ketones (excluding diaryl/α,β-unsaturated/α-hetero) is 8. The summed E-state index contributed by atoms with van der Waals surface area (Å²) in [5.41, 5.74) is 5.52. The van der Waals surface area contributed by atoms with Gasteiger partial charge in [-0.2, -0.15) is 0 Å². The first-order chi connectivity index (χ1) is 38.9. The number of ketones is 8. The number of amides is 5. The van der Waals surface area contributed by atoms with E-state index in [0.717, 1.165) is 0 Å². The lowest BCUT2D eigenvalue weighted by atomic mass is 9.95. The van der Waals surface area contributed by atoms with Crippen molar-refractivity contribution in [2.45, 2.75) is 163 Å². The van der Waals surface area contributed by atoms with E-state index in [9.17, 15) is 96.3 Å². The van der Waals surface area contributed by atoms with Crippen LogP contribution in [0.3, 0.4) is 0 Å². The molecule has 0 heterocycles. The van der Waals surface area contributed by atoms with E-state index < -0.39 is 215 Å². The Hall–Kier alpha value is -5.76. The highest BCUT2D eigenvalue weighted by Crippen LogP contribution is 2.37. The fourth-order valence-electron chi connectivity index (χ4n) is 7.00. The fourth-order valence-corrected chi connectivity index (χ4v) is 7.72. The minimum Gasteiger partial charge on any atom is -0.481 e. The molecule has 0 saturated heterocycles. The molecule has 85 heavy (non-hydrogen) atoms. The molecular weight excluding hydrogens is 1170 g/mol. The summed E-state index contributed by atoms with van der Waals surface area (Å²) in [4.78, 5) is 210. The van der Waals surface area contributed by atoms with Crippen molar-refractivity contribution < 1.29 is 120 Å². The highest BCUT2D eigenvalue weighted by atomic mass is 31.2. The standard InChI is InChI=1S/C36H61N5O19P2.C15H26N2O6/c1-17(24(8)43)9-31(47)26(14-42)40-34(50)19(3)11-29(45)22(6)39-36(52)25(15-59-61(53,54)55)13-30(46)23(7)38-33(49)20(4)12-32(48)27(16-60-62(56,57)58)41-35(51)18(2)10-28(44)21(5)37;1-8(15(22)23)5-12(19)10(3)17-14(21)11(7-18)6-13(20)9(2)16-4/h17-23,25-27,42H,9-16,37H2,1-8H3,(H,38,49)(H,39,52)(H,40,50)(H,41,51)(H2,53,54,55)(H2,56,57,58);8-11,16,18H,5-7H2,1-4H3,(H,17,21)(H,22,23)/t17-,18-,19-,20-,21+,22+,23+,25+,26+,27+;8-,9+,10+,11+/m11/s1. The van der Waals surface area contributed by atoms with E-state index in [1.807, 2.05) is 0 Å². The molecular formula is C51H87N7O25P2. The van der Waals surface area contributed by atoms with Crippen LogP contribution in [0.1, 0.15) is 121 Å². The number of aliphatic hydroxyl groups excluding tert-OH is 2. The molecule has 0 fully saturated rings. The Labute approximate surface area is 492 Å². The zero-order valence-corrected chi connectivity index (χ0v) is 51.6. The quantitative estimate of drug-likeness (QED) is 0.0279. The third kappa shape index (κ3) is 33.7. The highest BCUT2D eigenvalue weighted by Gasteiger charge is 2.35. The Kier molecular flexibility index (Phi) is 37.4. The van der Waals surface area contributed by atoms with E-state index in [1.165, 1.54) is 69.2 Å². The van der Waals surface area contributed by atoms with Gasteiger partial charge >= 0.3 is 21.6 Å². The highest BCUT2D eigenvalue weighted by molar-refractivity contribution is 7.46. The van der Waals surface area contributed by atoms with Gasteiger partial charge in [0.05, 0.1) is 74.4 Å². The molecule has 0 aromatic heterocycles. The third-order valence-corrected chi connectivity index (χ3v) is 14.2. The first kappa shape index (κ1) is 81.3. The number of aliphatic hydroxyl groups is 2. The molecule has 0 unspecified atom stereocenters. The lowest BCUT2D eigenvalue weighted by Crippen LogP contribution is -2.48. The predicted octanol–water partition coefficient (Wildman–Crippen LogP) is -2.58. The van der Waals surface area contributed by atoms with Gasteiger partial charge in [0.25, 0.3) is 0 Å². The van der Waals surface area contributed by atoms with Crippen LogP contribution in [0.15, 0.2) is 0 Å². The van der Waals surface area contributed by atoms with Crippen LogP contribution in [0.2, 0.25) is 0 Å². The number of carboxylic acids is 1. The Morgan fingerprint density at radius 1 is 0.412 bits per heavy atom. The van der Waals surface area contributed by atoms with Gasteiger partial charge in [0, 0.05) is 68.6 Å². The molecule has 0 aliphatic rings. The van der Waals surface area contributed by atoms with Gasteiger partial charge in [-0.05, 0) is 48.6 Å². The van der Waals surface area contributed by atoms with Gasteiger partial charge < -0.3 is 72.5 Å². The van der Waals surface area contributed by atoms with Crippen LogP contribution in [-0.2, 0) is 85.3 Å². The summed E-state index contributed by atoms with van der Waals surface area (Å²) >= 11 is 0. The second-order valence-electron chi connectivity index (χ2n) is 21.1. The molecule has 0 rings (SSSR count). The van der Waals surface area contributed by atoms with Crippen LogP contribution in [-0.4, -0.2) is 192 Å². The smallest absolute Gasteiger partial charge is 0.469 e. The van der Waals surface area contributed by atoms with E-state index >= 15 is 0 Å². The Balaban J connectivity index is 0.